The van der Waals surface area contributed by atoms with Crippen molar-refractivity contribution in [1.82, 2.24) is 35.6 Å². The molecule has 0 saturated carbocycles. The zero-order valence-electron chi connectivity index (χ0n) is 19.6. The van der Waals surface area contributed by atoms with Gasteiger partial charge in [-0.25, -0.2) is 10.1 Å². The maximum absolute atomic E-state index is 13.1. The molecule has 1 amide bonds. The van der Waals surface area contributed by atoms with Gasteiger partial charge in [-0.3, -0.25) is 9.69 Å². The van der Waals surface area contributed by atoms with E-state index in [1.165, 1.54) is 11.1 Å². The van der Waals surface area contributed by atoms with Gasteiger partial charge in [-0.05, 0) is 80.3 Å². The summed E-state index contributed by atoms with van der Waals surface area (Å²) in [5.74, 6) is 0.554. The first kappa shape index (κ1) is 23.4. The number of hydrogen-bond acceptors (Lipinski definition) is 10. The standard InChI is InChI=1S/C22H29N9O3/c1-4-33-17-10-8-16(9-11-17)15(3)24-26-22(32)19-18(13-30-12-6-5-7-14(30)2)31(29-25-19)21-20(23)27-34-28-21/h8-11,14H,4-7,12-13H2,1-3H3,(H2,23,27)(H,26,32)/b24-15+/t14-/m1/s1. The normalized spacial score (nSPS) is 17.0. The molecular formula is C22H29N9O3. The Kier molecular flexibility index (Phi) is 7.16. The second-order valence-corrected chi connectivity index (χ2v) is 8.18. The van der Waals surface area contributed by atoms with Crippen LogP contribution in [-0.2, 0) is 6.54 Å². The number of carbonyl (C=O) groups is 1. The number of benzene rings is 1. The van der Waals surface area contributed by atoms with Gasteiger partial charge in [0, 0.05) is 12.6 Å². The summed E-state index contributed by atoms with van der Waals surface area (Å²) in [6.07, 6.45) is 3.36. The molecule has 0 bridgehead atoms. The van der Waals surface area contributed by atoms with E-state index in [2.05, 4.69) is 43.0 Å². The molecule has 1 atom stereocenters. The summed E-state index contributed by atoms with van der Waals surface area (Å²) < 4.78 is 11.6. The molecule has 0 spiro atoms. The smallest absolute Gasteiger partial charge is 0.293 e. The Hall–Kier alpha value is -3.80. The molecule has 180 valence electrons. The van der Waals surface area contributed by atoms with Gasteiger partial charge < -0.3 is 10.5 Å². The largest absolute Gasteiger partial charge is 0.494 e. The van der Waals surface area contributed by atoms with Crippen LogP contribution in [0, 0.1) is 0 Å². The van der Waals surface area contributed by atoms with Crippen molar-refractivity contribution < 1.29 is 14.2 Å². The van der Waals surface area contributed by atoms with E-state index >= 15 is 0 Å². The molecule has 1 fully saturated rings. The fourth-order valence-electron chi connectivity index (χ4n) is 3.92. The second-order valence-electron chi connectivity index (χ2n) is 8.18. The van der Waals surface area contributed by atoms with Crippen molar-refractivity contribution in [3.05, 3.63) is 41.2 Å². The van der Waals surface area contributed by atoms with Crippen LogP contribution in [0.15, 0.2) is 34.0 Å². The zero-order valence-corrected chi connectivity index (χ0v) is 19.6. The Balaban J connectivity index is 1.57. The maximum Gasteiger partial charge on any atom is 0.293 e. The number of hydrogen-bond donors (Lipinski definition) is 2. The lowest BCUT2D eigenvalue weighted by atomic mass is 10.0. The van der Waals surface area contributed by atoms with Gasteiger partial charge in [-0.1, -0.05) is 11.6 Å². The minimum absolute atomic E-state index is 0.0640. The lowest BCUT2D eigenvalue weighted by molar-refractivity contribution is 0.0944. The summed E-state index contributed by atoms with van der Waals surface area (Å²) in [6, 6.07) is 7.85. The van der Waals surface area contributed by atoms with E-state index in [0.29, 0.717) is 30.6 Å². The van der Waals surface area contributed by atoms with Crippen molar-refractivity contribution >= 4 is 17.4 Å². The number of likely N-dealkylation sites (tertiary alicyclic amines) is 1. The highest BCUT2D eigenvalue weighted by Crippen LogP contribution is 2.23. The van der Waals surface area contributed by atoms with Gasteiger partial charge in [0.15, 0.2) is 5.69 Å². The van der Waals surface area contributed by atoms with Gasteiger partial charge in [0.2, 0.25) is 11.6 Å². The van der Waals surface area contributed by atoms with Crippen LogP contribution in [0.4, 0.5) is 5.82 Å². The topological polar surface area (TPSA) is 150 Å². The molecular weight excluding hydrogens is 438 g/mol. The van der Waals surface area contributed by atoms with Crippen LogP contribution < -0.4 is 15.9 Å². The third-order valence-corrected chi connectivity index (χ3v) is 5.88. The Morgan fingerprint density at radius 1 is 1.29 bits per heavy atom. The first-order valence-electron chi connectivity index (χ1n) is 11.3. The van der Waals surface area contributed by atoms with Gasteiger partial charge in [0.25, 0.3) is 5.91 Å². The van der Waals surface area contributed by atoms with Crippen LogP contribution >= 0.6 is 0 Å². The summed E-state index contributed by atoms with van der Waals surface area (Å²) in [4.78, 5) is 15.4. The SMILES string of the molecule is CCOc1ccc(/C(C)=N/NC(=O)c2nnn(-c3nonc3N)c2CN2CCCC[C@H]2C)cc1. The molecule has 4 rings (SSSR count). The number of anilines is 1. The maximum atomic E-state index is 13.1. The number of piperidine rings is 1. The van der Waals surface area contributed by atoms with Crippen LogP contribution in [0.25, 0.3) is 5.82 Å². The van der Waals surface area contributed by atoms with Crippen LogP contribution in [0.2, 0.25) is 0 Å². The number of nitrogen functional groups attached to an aromatic ring is 1. The predicted molar refractivity (Wildman–Crippen MR) is 125 cm³/mol. The number of amides is 1. The van der Waals surface area contributed by atoms with Gasteiger partial charge in [0.1, 0.15) is 5.75 Å². The fraction of sp³-hybridized carbons (Fsp3) is 0.455. The quantitative estimate of drug-likeness (QED) is 0.375. The highest BCUT2D eigenvalue weighted by molar-refractivity contribution is 6.00. The summed E-state index contributed by atoms with van der Waals surface area (Å²) in [6.45, 7) is 7.87. The number of nitrogens with zero attached hydrogens (tertiary/aromatic N) is 7. The van der Waals surface area contributed by atoms with E-state index in [0.717, 1.165) is 30.7 Å². The van der Waals surface area contributed by atoms with E-state index in [9.17, 15) is 4.79 Å². The van der Waals surface area contributed by atoms with Crippen molar-refractivity contribution in [3.63, 3.8) is 0 Å². The molecule has 0 aliphatic carbocycles. The fourth-order valence-corrected chi connectivity index (χ4v) is 3.92. The Labute approximate surface area is 197 Å². The first-order chi connectivity index (χ1) is 16.5. The molecule has 1 aliphatic rings. The molecule has 1 aromatic carbocycles. The lowest BCUT2D eigenvalue weighted by Crippen LogP contribution is -2.38. The molecule has 0 radical (unpaired) electrons. The van der Waals surface area contributed by atoms with Gasteiger partial charge in [-0.15, -0.1) is 5.10 Å². The summed E-state index contributed by atoms with van der Waals surface area (Å²) >= 11 is 0. The Morgan fingerprint density at radius 3 is 2.76 bits per heavy atom. The Morgan fingerprint density at radius 2 is 2.09 bits per heavy atom. The number of aromatic nitrogens is 5. The molecule has 12 heteroatoms. The van der Waals surface area contributed by atoms with Crippen molar-refractivity contribution in [2.45, 2.75) is 52.6 Å². The summed E-state index contributed by atoms with van der Waals surface area (Å²) in [5, 5.41) is 19.9. The monoisotopic (exact) mass is 467 g/mol. The molecule has 3 aromatic rings. The minimum atomic E-state index is -0.480. The van der Waals surface area contributed by atoms with Gasteiger partial charge >= 0.3 is 0 Å². The summed E-state index contributed by atoms with van der Waals surface area (Å²) in [5.41, 5.74) is 10.7. The van der Waals surface area contributed by atoms with Crippen molar-refractivity contribution in [3.8, 4) is 11.6 Å². The second kappa shape index (κ2) is 10.4. The zero-order chi connectivity index (χ0) is 24.1. The van der Waals surface area contributed by atoms with Crippen molar-refractivity contribution in [2.24, 2.45) is 5.10 Å². The molecule has 3 heterocycles. The molecule has 3 N–H and O–H groups in total. The highest BCUT2D eigenvalue weighted by atomic mass is 16.6. The first-order valence-corrected chi connectivity index (χ1v) is 11.3. The predicted octanol–water partition coefficient (Wildman–Crippen LogP) is 2.16. The van der Waals surface area contributed by atoms with Crippen molar-refractivity contribution in [1.29, 1.82) is 0 Å². The number of ether oxygens (including phenoxy) is 1. The Bertz CT molecular complexity index is 1150. The average Bonchev–Trinajstić information content (AvgIpc) is 3.45. The number of hydrazone groups is 1. The van der Waals surface area contributed by atoms with Crippen LogP contribution in [0.3, 0.4) is 0 Å². The van der Waals surface area contributed by atoms with E-state index in [1.807, 2.05) is 38.1 Å². The molecule has 1 saturated heterocycles. The highest BCUT2D eigenvalue weighted by Gasteiger charge is 2.28. The van der Waals surface area contributed by atoms with E-state index in [4.69, 9.17) is 15.1 Å². The summed E-state index contributed by atoms with van der Waals surface area (Å²) in [7, 11) is 0. The van der Waals surface area contributed by atoms with E-state index < -0.39 is 5.91 Å². The average molecular weight is 468 g/mol. The van der Waals surface area contributed by atoms with Gasteiger partial charge in [-0.2, -0.15) is 9.78 Å². The van der Waals surface area contributed by atoms with Crippen LogP contribution in [0.5, 0.6) is 5.75 Å². The molecule has 34 heavy (non-hydrogen) atoms. The minimum Gasteiger partial charge on any atom is -0.494 e. The lowest BCUT2D eigenvalue weighted by Gasteiger charge is -2.33. The third kappa shape index (κ3) is 5.06. The van der Waals surface area contributed by atoms with Gasteiger partial charge in [0.05, 0.1) is 18.0 Å². The molecule has 0 unspecified atom stereocenters. The van der Waals surface area contributed by atoms with Crippen LogP contribution in [0.1, 0.15) is 61.8 Å². The van der Waals surface area contributed by atoms with E-state index in [-0.39, 0.29) is 17.3 Å². The number of nitrogens with one attached hydrogen (secondary N) is 1. The number of nitrogens with two attached hydrogens (primary N) is 1. The molecule has 2 aromatic heterocycles. The van der Waals surface area contributed by atoms with Crippen molar-refractivity contribution in [2.75, 3.05) is 18.9 Å². The molecule has 1 aliphatic heterocycles. The third-order valence-electron chi connectivity index (χ3n) is 5.88. The van der Waals surface area contributed by atoms with Crippen LogP contribution in [-0.4, -0.2) is 61.0 Å². The van der Waals surface area contributed by atoms with E-state index in [1.54, 1.807) is 0 Å². The number of carbonyl (C=O) groups excluding carboxylic acids is 1. The number of rotatable bonds is 8. The molecule has 12 nitrogen and oxygen atoms in total.